The SMILES string of the molecule is C=CCc1ccc(OCCCOc2ccc(CC=C)cc2OC)c(OC)c1.C=CCc1ccc(OCCCOc2ccc(CC=C)cc2OC)c(OC)c1. The molecule has 0 unspecified atom stereocenters. The molecule has 0 fully saturated rings. The molecular weight excluding hydrogens is 680 g/mol. The molecule has 0 saturated heterocycles. The zero-order valence-corrected chi connectivity index (χ0v) is 32.4. The molecule has 0 radical (unpaired) electrons. The summed E-state index contributed by atoms with van der Waals surface area (Å²) in [7, 11) is 6.58. The molecule has 0 bridgehead atoms. The highest BCUT2D eigenvalue weighted by Gasteiger charge is 2.09. The second-order valence-corrected chi connectivity index (χ2v) is 12.0. The lowest BCUT2D eigenvalue weighted by atomic mass is 10.1. The number of hydrogen-bond donors (Lipinski definition) is 0. The van der Waals surface area contributed by atoms with Gasteiger partial charge in [0, 0.05) is 12.8 Å². The maximum atomic E-state index is 5.83. The molecule has 4 aromatic carbocycles. The van der Waals surface area contributed by atoms with Gasteiger partial charge in [-0.3, -0.25) is 0 Å². The van der Waals surface area contributed by atoms with Crippen molar-refractivity contribution >= 4 is 0 Å². The van der Waals surface area contributed by atoms with E-state index in [9.17, 15) is 0 Å². The van der Waals surface area contributed by atoms with Crippen molar-refractivity contribution in [1.82, 2.24) is 0 Å². The minimum Gasteiger partial charge on any atom is -0.493 e. The summed E-state index contributed by atoms with van der Waals surface area (Å²) in [5.41, 5.74) is 4.57. The van der Waals surface area contributed by atoms with Crippen molar-refractivity contribution in [3.05, 3.63) is 146 Å². The van der Waals surface area contributed by atoms with E-state index in [1.165, 1.54) is 0 Å². The Bertz CT molecular complexity index is 1510. The van der Waals surface area contributed by atoms with E-state index < -0.39 is 0 Å². The topological polar surface area (TPSA) is 73.8 Å². The quantitative estimate of drug-likeness (QED) is 0.0520. The van der Waals surface area contributed by atoms with Gasteiger partial charge in [0.2, 0.25) is 0 Å². The average Bonchev–Trinajstić information content (AvgIpc) is 3.19. The lowest BCUT2D eigenvalue weighted by Crippen LogP contribution is -2.06. The molecule has 0 aromatic heterocycles. The van der Waals surface area contributed by atoms with E-state index in [-0.39, 0.29) is 0 Å². The molecule has 0 N–H and O–H groups in total. The maximum absolute atomic E-state index is 5.83. The first-order valence-corrected chi connectivity index (χ1v) is 18.1. The Labute approximate surface area is 322 Å². The largest absolute Gasteiger partial charge is 0.493 e. The van der Waals surface area contributed by atoms with Crippen LogP contribution in [0.5, 0.6) is 46.0 Å². The van der Waals surface area contributed by atoms with Crippen LogP contribution < -0.4 is 37.9 Å². The Balaban J connectivity index is 0.000000290. The van der Waals surface area contributed by atoms with Crippen molar-refractivity contribution in [1.29, 1.82) is 0 Å². The lowest BCUT2D eigenvalue weighted by molar-refractivity contribution is 0.234. The Hall–Kier alpha value is -5.76. The Morgan fingerprint density at radius 2 is 0.574 bits per heavy atom. The number of ether oxygens (including phenoxy) is 8. The predicted octanol–water partition coefficient (Wildman–Crippen LogP) is 10.0. The van der Waals surface area contributed by atoms with Crippen LogP contribution in [0.25, 0.3) is 0 Å². The molecule has 8 nitrogen and oxygen atoms in total. The van der Waals surface area contributed by atoms with Gasteiger partial charge in [-0.15, -0.1) is 26.3 Å². The van der Waals surface area contributed by atoms with E-state index in [1.54, 1.807) is 28.4 Å². The highest BCUT2D eigenvalue weighted by atomic mass is 16.5. The Kier molecular flexibility index (Phi) is 19.3. The van der Waals surface area contributed by atoms with Crippen LogP contribution >= 0.6 is 0 Å². The van der Waals surface area contributed by atoms with Crippen molar-refractivity contribution in [3.63, 3.8) is 0 Å². The average molecular weight is 737 g/mol. The first kappa shape index (κ1) is 42.7. The monoisotopic (exact) mass is 736 g/mol. The summed E-state index contributed by atoms with van der Waals surface area (Å²) in [6, 6.07) is 23.7. The third-order valence-electron chi connectivity index (χ3n) is 8.04. The number of rotatable bonds is 24. The van der Waals surface area contributed by atoms with Crippen molar-refractivity contribution < 1.29 is 37.9 Å². The summed E-state index contributed by atoms with van der Waals surface area (Å²) in [5, 5.41) is 0. The van der Waals surface area contributed by atoms with E-state index in [0.29, 0.717) is 26.4 Å². The molecule has 0 amide bonds. The molecule has 0 heterocycles. The van der Waals surface area contributed by atoms with Gasteiger partial charge in [-0.25, -0.2) is 0 Å². The fraction of sp³-hybridized carbons (Fsp3) is 0.304. The van der Waals surface area contributed by atoms with Gasteiger partial charge in [0.25, 0.3) is 0 Å². The Morgan fingerprint density at radius 3 is 0.759 bits per heavy atom. The van der Waals surface area contributed by atoms with Gasteiger partial charge >= 0.3 is 0 Å². The maximum Gasteiger partial charge on any atom is 0.161 e. The smallest absolute Gasteiger partial charge is 0.161 e. The van der Waals surface area contributed by atoms with Crippen molar-refractivity contribution in [2.75, 3.05) is 54.9 Å². The zero-order chi connectivity index (χ0) is 39.0. The van der Waals surface area contributed by atoms with Crippen LogP contribution in [0.4, 0.5) is 0 Å². The first-order chi connectivity index (χ1) is 26.4. The van der Waals surface area contributed by atoms with Gasteiger partial charge in [-0.05, 0) is 96.5 Å². The van der Waals surface area contributed by atoms with E-state index >= 15 is 0 Å². The number of allylic oxidation sites excluding steroid dienone is 4. The van der Waals surface area contributed by atoms with Crippen LogP contribution in [-0.4, -0.2) is 54.9 Å². The standard InChI is InChI=1S/2C23H28O4/c2*1-5-8-18-10-12-20(22(16-18)24-3)26-14-7-15-27-21-13-11-19(9-6-2)17-23(21)25-4/h2*5-6,10-13,16-17H,1-2,7-9,14-15H2,3-4H3. The normalized spacial score (nSPS) is 10.1. The zero-order valence-electron chi connectivity index (χ0n) is 32.4. The summed E-state index contributed by atoms with van der Waals surface area (Å²) in [6.07, 6.45) is 12.2. The van der Waals surface area contributed by atoms with Gasteiger partial charge in [0.1, 0.15) is 0 Å². The molecule has 0 aliphatic rings. The molecule has 0 atom stereocenters. The molecule has 0 saturated carbocycles. The Morgan fingerprint density at radius 1 is 0.352 bits per heavy atom. The molecule has 0 aliphatic heterocycles. The van der Waals surface area contributed by atoms with Gasteiger partial charge in [-0.1, -0.05) is 48.6 Å². The van der Waals surface area contributed by atoms with E-state index in [0.717, 1.165) is 107 Å². The van der Waals surface area contributed by atoms with Crippen LogP contribution in [0, 0.1) is 0 Å². The van der Waals surface area contributed by atoms with Crippen molar-refractivity contribution in [3.8, 4) is 46.0 Å². The second kappa shape index (κ2) is 24.5. The van der Waals surface area contributed by atoms with Crippen LogP contribution in [0.2, 0.25) is 0 Å². The molecule has 0 spiro atoms. The minimum absolute atomic E-state index is 0.536. The van der Waals surface area contributed by atoms with Crippen molar-refractivity contribution in [2.45, 2.75) is 38.5 Å². The van der Waals surface area contributed by atoms with E-state index in [1.807, 2.05) is 97.1 Å². The highest BCUT2D eigenvalue weighted by Crippen LogP contribution is 2.32. The van der Waals surface area contributed by atoms with Crippen LogP contribution in [0.1, 0.15) is 35.1 Å². The van der Waals surface area contributed by atoms with Crippen LogP contribution in [0.3, 0.4) is 0 Å². The minimum atomic E-state index is 0.536. The molecule has 288 valence electrons. The molecule has 0 aliphatic carbocycles. The second-order valence-electron chi connectivity index (χ2n) is 12.0. The van der Waals surface area contributed by atoms with Gasteiger partial charge in [0.05, 0.1) is 54.9 Å². The molecule has 8 heteroatoms. The molecule has 4 rings (SSSR count). The fourth-order valence-electron chi connectivity index (χ4n) is 5.35. The lowest BCUT2D eigenvalue weighted by Gasteiger charge is -2.13. The van der Waals surface area contributed by atoms with Gasteiger partial charge < -0.3 is 37.9 Å². The molecule has 4 aromatic rings. The van der Waals surface area contributed by atoms with E-state index in [4.69, 9.17) is 37.9 Å². The van der Waals surface area contributed by atoms with Crippen LogP contribution in [0.15, 0.2) is 123 Å². The van der Waals surface area contributed by atoms with Crippen molar-refractivity contribution in [2.24, 2.45) is 0 Å². The summed E-state index contributed by atoms with van der Waals surface area (Å²) in [5.74, 6) is 5.86. The van der Waals surface area contributed by atoms with Gasteiger partial charge in [0.15, 0.2) is 46.0 Å². The first-order valence-electron chi connectivity index (χ1n) is 18.1. The number of hydrogen-bond acceptors (Lipinski definition) is 8. The third-order valence-corrected chi connectivity index (χ3v) is 8.04. The molecular formula is C46H56O8. The van der Waals surface area contributed by atoms with E-state index in [2.05, 4.69) is 26.3 Å². The summed E-state index contributed by atoms with van der Waals surface area (Å²) >= 11 is 0. The third kappa shape index (κ3) is 14.0. The van der Waals surface area contributed by atoms with Crippen LogP contribution in [-0.2, 0) is 25.7 Å². The number of methoxy groups -OCH3 is 4. The summed E-state index contributed by atoms with van der Waals surface area (Å²) in [4.78, 5) is 0. The summed E-state index contributed by atoms with van der Waals surface area (Å²) < 4.78 is 45.0. The summed E-state index contributed by atoms with van der Waals surface area (Å²) in [6.45, 7) is 17.2. The highest BCUT2D eigenvalue weighted by molar-refractivity contribution is 5.46. The molecule has 54 heavy (non-hydrogen) atoms. The van der Waals surface area contributed by atoms with Gasteiger partial charge in [-0.2, -0.15) is 0 Å². The fourth-order valence-corrected chi connectivity index (χ4v) is 5.35. The number of benzene rings is 4. The predicted molar refractivity (Wildman–Crippen MR) is 219 cm³/mol.